The number of pyridine rings is 1. The summed E-state index contributed by atoms with van der Waals surface area (Å²) in [6.07, 6.45) is 2.19. The Morgan fingerprint density at radius 3 is 2.70 bits per heavy atom. The van der Waals surface area contributed by atoms with Crippen molar-refractivity contribution in [3.63, 3.8) is 0 Å². The Morgan fingerprint density at radius 2 is 2.00 bits per heavy atom. The third-order valence-electron chi connectivity index (χ3n) is 2.56. The summed E-state index contributed by atoms with van der Waals surface area (Å²) >= 11 is 11.6. The van der Waals surface area contributed by atoms with E-state index in [9.17, 15) is 4.79 Å². The minimum absolute atomic E-state index is 0.304. The highest BCUT2D eigenvalue weighted by Gasteiger charge is 2.02. The summed E-state index contributed by atoms with van der Waals surface area (Å²) in [7, 11) is 0. The number of carbonyl (C=O) groups is 1. The SMILES string of the molecule is O=C(NCCc1cccc(Cl)c1)Nc1ccc(Cl)cn1. The number of anilines is 1. The fourth-order valence-electron chi connectivity index (χ4n) is 1.62. The minimum atomic E-state index is -0.304. The normalized spacial score (nSPS) is 10.1. The van der Waals surface area contributed by atoms with Gasteiger partial charge < -0.3 is 5.32 Å². The minimum Gasteiger partial charge on any atom is -0.337 e. The lowest BCUT2D eigenvalue weighted by Gasteiger charge is -2.07. The van der Waals surface area contributed by atoms with Gasteiger partial charge >= 0.3 is 6.03 Å². The predicted molar refractivity (Wildman–Crippen MR) is 81.4 cm³/mol. The second-order valence-corrected chi connectivity index (χ2v) is 5.00. The van der Waals surface area contributed by atoms with Crippen molar-refractivity contribution >= 4 is 35.1 Å². The molecule has 0 aliphatic heterocycles. The average Bonchev–Trinajstić information content (AvgIpc) is 2.41. The van der Waals surface area contributed by atoms with Gasteiger partial charge in [0.15, 0.2) is 0 Å². The van der Waals surface area contributed by atoms with Crippen molar-refractivity contribution in [3.05, 3.63) is 58.2 Å². The van der Waals surface area contributed by atoms with Gasteiger partial charge in [0.1, 0.15) is 5.82 Å². The lowest BCUT2D eigenvalue weighted by Crippen LogP contribution is -2.30. The van der Waals surface area contributed by atoms with Gasteiger partial charge in [-0.1, -0.05) is 35.3 Å². The number of carbonyl (C=O) groups excluding carboxylic acids is 1. The maximum absolute atomic E-state index is 11.6. The quantitative estimate of drug-likeness (QED) is 0.903. The number of amides is 2. The largest absolute Gasteiger partial charge is 0.337 e. The van der Waals surface area contributed by atoms with Crippen LogP contribution in [0.2, 0.25) is 10.0 Å². The molecule has 0 aliphatic carbocycles. The first-order valence-corrected chi connectivity index (χ1v) is 6.80. The first kappa shape index (κ1) is 14.6. The zero-order valence-electron chi connectivity index (χ0n) is 10.6. The van der Waals surface area contributed by atoms with Gasteiger partial charge in [0.05, 0.1) is 5.02 Å². The molecule has 0 saturated heterocycles. The molecule has 1 aromatic heterocycles. The van der Waals surface area contributed by atoms with Crippen molar-refractivity contribution in [1.82, 2.24) is 10.3 Å². The summed E-state index contributed by atoms with van der Waals surface area (Å²) in [5.74, 6) is 0.453. The number of rotatable bonds is 4. The van der Waals surface area contributed by atoms with Crippen molar-refractivity contribution in [2.24, 2.45) is 0 Å². The van der Waals surface area contributed by atoms with Gasteiger partial charge in [-0.05, 0) is 36.2 Å². The van der Waals surface area contributed by atoms with Gasteiger partial charge in [0.2, 0.25) is 0 Å². The molecule has 0 atom stereocenters. The Kier molecular flexibility index (Phi) is 5.21. The third-order valence-corrected chi connectivity index (χ3v) is 3.02. The Bertz CT molecular complexity index is 587. The molecule has 0 radical (unpaired) electrons. The summed E-state index contributed by atoms with van der Waals surface area (Å²) < 4.78 is 0. The van der Waals surface area contributed by atoms with Crippen molar-refractivity contribution in [3.8, 4) is 0 Å². The second kappa shape index (κ2) is 7.12. The average molecular weight is 310 g/mol. The molecule has 1 aromatic carbocycles. The molecule has 4 nitrogen and oxygen atoms in total. The Morgan fingerprint density at radius 1 is 1.15 bits per heavy atom. The number of urea groups is 1. The van der Waals surface area contributed by atoms with E-state index in [1.165, 1.54) is 6.20 Å². The zero-order chi connectivity index (χ0) is 14.4. The van der Waals surface area contributed by atoms with Crippen LogP contribution in [0.3, 0.4) is 0 Å². The van der Waals surface area contributed by atoms with E-state index in [-0.39, 0.29) is 6.03 Å². The Balaban J connectivity index is 1.76. The number of halogens is 2. The molecule has 2 rings (SSSR count). The molecule has 0 spiro atoms. The first-order chi connectivity index (χ1) is 9.63. The fraction of sp³-hybridized carbons (Fsp3) is 0.143. The molecule has 2 aromatic rings. The van der Waals surface area contributed by atoms with Gasteiger partial charge in [0.25, 0.3) is 0 Å². The van der Waals surface area contributed by atoms with E-state index in [0.717, 1.165) is 5.56 Å². The van der Waals surface area contributed by atoms with E-state index in [1.54, 1.807) is 12.1 Å². The summed E-state index contributed by atoms with van der Waals surface area (Å²) in [6, 6.07) is 10.5. The molecule has 1 heterocycles. The van der Waals surface area contributed by atoms with Crippen molar-refractivity contribution in [1.29, 1.82) is 0 Å². The van der Waals surface area contributed by atoms with Crippen molar-refractivity contribution in [2.75, 3.05) is 11.9 Å². The molecule has 20 heavy (non-hydrogen) atoms. The number of hydrogen-bond acceptors (Lipinski definition) is 2. The standard InChI is InChI=1S/C14H13Cl2N3O/c15-11-3-1-2-10(8-11)6-7-17-14(20)19-13-5-4-12(16)9-18-13/h1-5,8-9H,6-7H2,(H2,17,18,19,20). The molecular weight excluding hydrogens is 297 g/mol. The zero-order valence-corrected chi connectivity index (χ0v) is 12.1. The van der Waals surface area contributed by atoms with E-state index in [2.05, 4.69) is 15.6 Å². The highest BCUT2D eigenvalue weighted by atomic mass is 35.5. The van der Waals surface area contributed by atoms with E-state index in [0.29, 0.717) is 28.8 Å². The van der Waals surface area contributed by atoms with E-state index in [1.807, 2.05) is 24.3 Å². The predicted octanol–water partition coefficient (Wildman–Crippen LogP) is 3.75. The number of nitrogens with zero attached hydrogens (tertiary/aromatic N) is 1. The van der Waals surface area contributed by atoms with Crippen molar-refractivity contribution in [2.45, 2.75) is 6.42 Å². The molecule has 6 heteroatoms. The van der Waals surface area contributed by atoms with E-state index >= 15 is 0 Å². The van der Waals surface area contributed by atoms with Crippen LogP contribution in [0.4, 0.5) is 10.6 Å². The molecule has 2 amide bonds. The smallest absolute Gasteiger partial charge is 0.320 e. The monoisotopic (exact) mass is 309 g/mol. The Labute approximate surface area is 127 Å². The summed E-state index contributed by atoms with van der Waals surface area (Å²) in [4.78, 5) is 15.6. The van der Waals surface area contributed by atoms with Crippen LogP contribution in [0.25, 0.3) is 0 Å². The molecule has 0 fully saturated rings. The van der Waals surface area contributed by atoms with Crippen LogP contribution in [0, 0.1) is 0 Å². The second-order valence-electron chi connectivity index (χ2n) is 4.12. The van der Waals surface area contributed by atoms with Crippen LogP contribution >= 0.6 is 23.2 Å². The Hall–Kier alpha value is -1.78. The first-order valence-electron chi connectivity index (χ1n) is 6.04. The number of benzene rings is 1. The van der Waals surface area contributed by atoms with E-state index < -0.39 is 0 Å². The summed E-state index contributed by atoms with van der Waals surface area (Å²) in [6.45, 7) is 0.514. The topological polar surface area (TPSA) is 54.0 Å². The summed E-state index contributed by atoms with van der Waals surface area (Å²) in [5.41, 5.74) is 1.07. The highest BCUT2D eigenvalue weighted by molar-refractivity contribution is 6.30. The third kappa shape index (κ3) is 4.72. The van der Waals surface area contributed by atoms with Gasteiger partial charge in [-0.3, -0.25) is 5.32 Å². The molecule has 0 bridgehead atoms. The maximum atomic E-state index is 11.6. The fourth-order valence-corrected chi connectivity index (χ4v) is 1.95. The van der Waals surface area contributed by atoms with Gasteiger partial charge in [-0.25, -0.2) is 9.78 Å². The van der Waals surface area contributed by atoms with Crippen LogP contribution in [-0.4, -0.2) is 17.6 Å². The van der Waals surface area contributed by atoms with Gasteiger partial charge in [-0.15, -0.1) is 0 Å². The molecular formula is C14H13Cl2N3O. The van der Waals surface area contributed by atoms with Gasteiger partial charge in [-0.2, -0.15) is 0 Å². The van der Waals surface area contributed by atoms with Crippen molar-refractivity contribution < 1.29 is 4.79 Å². The number of hydrogen-bond donors (Lipinski definition) is 2. The molecule has 0 aliphatic rings. The maximum Gasteiger partial charge on any atom is 0.320 e. The summed E-state index contributed by atoms with van der Waals surface area (Å²) in [5, 5.41) is 6.59. The lowest BCUT2D eigenvalue weighted by molar-refractivity contribution is 0.252. The van der Waals surface area contributed by atoms with Gasteiger partial charge in [0, 0.05) is 17.8 Å². The van der Waals surface area contributed by atoms with Crippen LogP contribution in [0.1, 0.15) is 5.56 Å². The van der Waals surface area contributed by atoms with Crippen LogP contribution in [0.15, 0.2) is 42.6 Å². The number of aromatic nitrogens is 1. The molecule has 0 unspecified atom stereocenters. The van der Waals surface area contributed by atoms with Crippen LogP contribution < -0.4 is 10.6 Å². The lowest BCUT2D eigenvalue weighted by atomic mass is 10.1. The molecule has 0 saturated carbocycles. The number of nitrogens with one attached hydrogen (secondary N) is 2. The molecule has 2 N–H and O–H groups in total. The van der Waals surface area contributed by atoms with E-state index in [4.69, 9.17) is 23.2 Å². The van der Waals surface area contributed by atoms with Crippen LogP contribution in [0.5, 0.6) is 0 Å². The molecule has 104 valence electrons. The van der Waals surface area contributed by atoms with Crippen LogP contribution in [-0.2, 0) is 6.42 Å². The highest BCUT2D eigenvalue weighted by Crippen LogP contribution is 2.11.